The Balaban J connectivity index is 2.32. The summed E-state index contributed by atoms with van der Waals surface area (Å²) < 4.78 is 1.92. The molecule has 0 aliphatic heterocycles. The summed E-state index contributed by atoms with van der Waals surface area (Å²) in [5.74, 6) is 1.48. The van der Waals surface area contributed by atoms with Crippen molar-refractivity contribution >= 4 is 5.69 Å². The van der Waals surface area contributed by atoms with E-state index in [0.29, 0.717) is 5.92 Å². The van der Waals surface area contributed by atoms with Crippen molar-refractivity contribution in [3.8, 4) is 11.4 Å². The Morgan fingerprint density at radius 3 is 2.70 bits per heavy atom. The maximum absolute atomic E-state index is 5.80. The summed E-state index contributed by atoms with van der Waals surface area (Å²) in [6.07, 6.45) is 2.24. The first-order valence-corrected chi connectivity index (χ1v) is 7.17. The Bertz CT molecular complexity index is 575. The maximum Gasteiger partial charge on any atom is 0.182 e. The fourth-order valence-corrected chi connectivity index (χ4v) is 2.45. The maximum atomic E-state index is 5.80. The van der Waals surface area contributed by atoms with Crippen LogP contribution in [0.1, 0.15) is 45.2 Å². The molecule has 2 unspecified atom stereocenters. The van der Waals surface area contributed by atoms with Crippen LogP contribution in [0.25, 0.3) is 11.4 Å². The van der Waals surface area contributed by atoms with Gasteiger partial charge >= 0.3 is 0 Å². The third kappa shape index (κ3) is 2.98. The lowest BCUT2D eigenvalue weighted by Crippen LogP contribution is -2.12. The standard InChI is InChI=1S/C15H23N5/c1-5-10(2)8-12(4)20-15(17-18-19-20)14-7-6-13(16)9-11(14)3/h6-7,9-10,12H,5,8,16H2,1-4H3. The van der Waals surface area contributed by atoms with Gasteiger partial charge in [-0.25, -0.2) is 4.68 Å². The molecule has 2 N–H and O–H groups in total. The Hall–Kier alpha value is -1.91. The second-order valence-electron chi connectivity index (χ2n) is 5.62. The van der Waals surface area contributed by atoms with Crippen molar-refractivity contribution in [2.45, 2.75) is 46.6 Å². The van der Waals surface area contributed by atoms with Gasteiger partial charge in [0.15, 0.2) is 5.82 Å². The van der Waals surface area contributed by atoms with Crippen molar-refractivity contribution in [2.24, 2.45) is 5.92 Å². The van der Waals surface area contributed by atoms with Gasteiger partial charge in [0.1, 0.15) is 0 Å². The number of hydrogen-bond donors (Lipinski definition) is 1. The molecule has 0 amide bonds. The number of nitrogens with two attached hydrogens (primary N) is 1. The lowest BCUT2D eigenvalue weighted by atomic mass is 10.00. The topological polar surface area (TPSA) is 69.6 Å². The van der Waals surface area contributed by atoms with Crippen LogP contribution in [0.15, 0.2) is 18.2 Å². The van der Waals surface area contributed by atoms with E-state index in [1.54, 1.807) is 0 Å². The van der Waals surface area contributed by atoms with E-state index in [1.165, 1.54) is 6.42 Å². The molecule has 5 heteroatoms. The van der Waals surface area contributed by atoms with Crippen molar-refractivity contribution in [3.63, 3.8) is 0 Å². The molecular formula is C15H23N5. The Morgan fingerprint density at radius 2 is 2.05 bits per heavy atom. The summed E-state index contributed by atoms with van der Waals surface area (Å²) in [6.45, 7) is 8.67. The van der Waals surface area contributed by atoms with Gasteiger partial charge in [0.05, 0.1) is 6.04 Å². The third-order valence-corrected chi connectivity index (χ3v) is 3.84. The number of hydrogen-bond acceptors (Lipinski definition) is 4. The second kappa shape index (κ2) is 6.03. The van der Waals surface area contributed by atoms with E-state index in [2.05, 4.69) is 36.3 Å². The van der Waals surface area contributed by atoms with Gasteiger partial charge in [-0.1, -0.05) is 20.3 Å². The van der Waals surface area contributed by atoms with Crippen molar-refractivity contribution in [1.82, 2.24) is 20.2 Å². The van der Waals surface area contributed by atoms with Crippen LogP contribution >= 0.6 is 0 Å². The molecule has 0 saturated carbocycles. The van der Waals surface area contributed by atoms with Crippen LogP contribution < -0.4 is 5.73 Å². The molecule has 5 nitrogen and oxygen atoms in total. The molecular weight excluding hydrogens is 250 g/mol. The Morgan fingerprint density at radius 1 is 1.30 bits per heavy atom. The number of tetrazole rings is 1. The minimum atomic E-state index is 0.284. The van der Waals surface area contributed by atoms with Gasteiger partial charge in [0, 0.05) is 11.3 Å². The first-order valence-electron chi connectivity index (χ1n) is 7.17. The molecule has 0 radical (unpaired) electrons. The molecule has 2 rings (SSSR count). The first-order chi connectivity index (χ1) is 9.52. The normalized spacial score (nSPS) is 14.2. The van der Waals surface area contributed by atoms with E-state index in [0.717, 1.165) is 29.1 Å². The van der Waals surface area contributed by atoms with Crippen molar-refractivity contribution in [1.29, 1.82) is 0 Å². The van der Waals surface area contributed by atoms with Crippen LogP contribution in [0.2, 0.25) is 0 Å². The third-order valence-electron chi connectivity index (χ3n) is 3.84. The molecule has 0 saturated heterocycles. The molecule has 20 heavy (non-hydrogen) atoms. The Labute approximate surface area is 120 Å². The van der Waals surface area contributed by atoms with E-state index in [-0.39, 0.29) is 6.04 Å². The van der Waals surface area contributed by atoms with Crippen LogP contribution in [-0.4, -0.2) is 20.2 Å². The van der Waals surface area contributed by atoms with Gasteiger partial charge in [-0.15, -0.1) is 5.10 Å². The molecule has 0 spiro atoms. The highest BCUT2D eigenvalue weighted by Crippen LogP contribution is 2.27. The molecule has 2 atom stereocenters. The largest absolute Gasteiger partial charge is 0.399 e. The predicted molar refractivity (Wildman–Crippen MR) is 81.2 cm³/mol. The zero-order valence-corrected chi connectivity index (χ0v) is 12.7. The number of benzene rings is 1. The molecule has 1 heterocycles. The number of aromatic nitrogens is 4. The van der Waals surface area contributed by atoms with Crippen LogP contribution in [0.3, 0.4) is 0 Å². The Kier molecular flexibility index (Phi) is 4.37. The molecule has 1 aromatic carbocycles. The number of rotatable bonds is 5. The van der Waals surface area contributed by atoms with E-state index >= 15 is 0 Å². The highest BCUT2D eigenvalue weighted by molar-refractivity contribution is 5.63. The van der Waals surface area contributed by atoms with E-state index in [1.807, 2.05) is 29.8 Å². The highest BCUT2D eigenvalue weighted by atomic mass is 15.5. The van der Waals surface area contributed by atoms with Crippen LogP contribution in [0.5, 0.6) is 0 Å². The number of aryl methyl sites for hydroxylation is 1. The minimum Gasteiger partial charge on any atom is -0.399 e. The van der Waals surface area contributed by atoms with E-state index < -0.39 is 0 Å². The highest BCUT2D eigenvalue weighted by Gasteiger charge is 2.17. The molecule has 108 valence electrons. The second-order valence-corrected chi connectivity index (χ2v) is 5.62. The molecule has 2 aromatic rings. The van der Waals surface area contributed by atoms with Gasteiger partial charge in [-0.05, 0) is 60.4 Å². The molecule has 1 aromatic heterocycles. The quantitative estimate of drug-likeness (QED) is 0.849. The monoisotopic (exact) mass is 273 g/mol. The average molecular weight is 273 g/mol. The van der Waals surface area contributed by atoms with Gasteiger partial charge in [0.25, 0.3) is 0 Å². The van der Waals surface area contributed by atoms with E-state index in [4.69, 9.17) is 5.73 Å². The summed E-state index contributed by atoms with van der Waals surface area (Å²) in [7, 11) is 0. The lowest BCUT2D eigenvalue weighted by Gasteiger charge is -2.17. The van der Waals surface area contributed by atoms with Crippen molar-refractivity contribution < 1.29 is 0 Å². The van der Waals surface area contributed by atoms with Crippen LogP contribution in [0, 0.1) is 12.8 Å². The minimum absolute atomic E-state index is 0.284. The van der Waals surface area contributed by atoms with Crippen molar-refractivity contribution in [2.75, 3.05) is 5.73 Å². The SMILES string of the molecule is CCC(C)CC(C)n1nnnc1-c1ccc(N)cc1C. The number of nitrogen functional groups attached to an aromatic ring is 1. The molecule has 0 aliphatic carbocycles. The zero-order valence-electron chi connectivity index (χ0n) is 12.7. The van der Waals surface area contributed by atoms with Crippen LogP contribution in [0.4, 0.5) is 5.69 Å². The van der Waals surface area contributed by atoms with Gasteiger partial charge in [-0.3, -0.25) is 0 Å². The molecule has 0 fully saturated rings. The average Bonchev–Trinajstić information content (AvgIpc) is 2.87. The fourth-order valence-electron chi connectivity index (χ4n) is 2.45. The van der Waals surface area contributed by atoms with Crippen molar-refractivity contribution in [3.05, 3.63) is 23.8 Å². The van der Waals surface area contributed by atoms with Crippen LogP contribution in [-0.2, 0) is 0 Å². The summed E-state index contributed by atoms with van der Waals surface area (Å²) in [5.41, 5.74) is 8.70. The lowest BCUT2D eigenvalue weighted by molar-refractivity contribution is 0.371. The molecule has 0 bridgehead atoms. The predicted octanol–water partition coefficient (Wildman–Crippen LogP) is 3.23. The first kappa shape index (κ1) is 14.5. The van der Waals surface area contributed by atoms with Gasteiger partial charge < -0.3 is 5.73 Å². The number of anilines is 1. The summed E-state index contributed by atoms with van der Waals surface area (Å²) in [5, 5.41) is 12.2. The smallest absolute Gasteiger partial charge is 0.182 e. The van der Waals surface area contributed by atoms with Gasteiger partial charge in [0.2, 0.25) is 0 Å². The summed E-state index contributed by atoms with van der Waals surface area (Å²) in [6, 6.07) is 6.11. The molecule has 0 aliphatic rings. The summed E-state index contributed by atoms with van der Waals surface area (Å²) in [4.78, 5) is 0. The zero-order chi connectivity index (χ0) is 14.7. The fraction of sp³-hybridized carbons (Fsp3) is 0.533. The number of nitrogens with zero attached hydrogens (tertiary/aromatic N) is 4. The van der Waals surface area contributed by atoms with Gasteiger partial charge in [-0.2, -0.15) is 0 Å². The van der Waals surface area contributed by atoms with E-state index in [9.17, 15) is 0 Å². The summed E-state index contributed by atoms with van der Waals surface area (Å²) >= 11 is 0.